The monoisotopic (exact) mass is 448 g/mol. The molecule has 0 radical (unpaired) electrons. The van der Waals surface area contributed by atoms with Gasteiger partial charge in [0.25, 0.3) is 0 Å². The number of nitrogens with zero attached hydrogens (tertiary/aromatic N) is 2. The molecule has 7 nitrogen and oxygen atoms in total. The summed E-state index contributed by atoms with van der Waals surface area (Å²) < 4.78 is 19.8. The smallest absolute Gasteiger partial charge is 0.165 e. The molecular formula is C22H30ClFN6O. The average Bonchev–Trinajstić information content (AvgIpc) is 2.77. The molecule has 1 aliphatic carbocycles. The van der Waals surface area contributed by atoms with Crippen molar-refractivity contribution in [1.82, 2.24) is 9.97 Å². The summed E-state index contributed by atoms with van der Waals surface area (Å²) in [7, 11) is 0. The van der Waals surface area contributed by atoms with Crippen molar-refractivity contribution in [1.29, 1.82) is 0 Å². The molecule has 9 heteroatoms. The van der Waals surface area contributed by atoms with Crippen LogP contribution in [0.4, 0.5) is 16.0 Å². The number of anilines is 2. The minimum atomic E-state index is -0.434. The maximum Gasteiger partial charge on any atom is 0.165 e. The maximum absolute atomic E-state index is 14.4. The summed E-state index contributed by atoms with van der Waals surface area (Å²) in [5.41, 5.74) is 13.2. The zero-order chi connectivity index (χ0) is 21.8. The van der Waals surface area contributed by atoms with Crippen molar-refractivity contribution in [3.63, 3.8) is 0 Å². The molecule has 2 aromatic rings. The number of hydrogen-bond acceptors (Lipinski definition) is 7. The lowest BCUT2D eigenvalue weighted by Crippen LogP contribution is -2.50. The number of nitrogens with one attached hydrogen (secondary N) is 2. The number of nitrogens with two attached hydrogens (primary N) is 2. The quantitative estimate of drug-likeness (QED) is 0.534. The lowest BCUT2D eigenvalue weighted by Gasteiger charge is -2.33. The Morgan fingerprint density at radius 3 is 2.68 bits per heavy atom. The van der Waals surface area contributed by atoms with Crippen LogP contribution in [-0.2, 0) is 4.74 Å². The van der Waals surface area contributed by atoms with Crippen molar-refractivity contribution >= 4 is 23.2 Å². The van der Waals surface area contributed by atoms with Gasteiger partial charge in [0.15, 0.2) is 11.6 Å². The van der Waals surface area contributed by atoms with Crippen LogP contribution >= 0.6 is 11.6 Å². The van der Waals surface area contributed by atoms with Gasteiger partial charge in [-0.1, -0.05) is 11.6 Å². The summed E-state index contributed by atoms with van der Waals surface area (Å²) in [6, 6.07) is 5.50. The molecule has 0 unspecified atom stereocenters. The van der Waals surface area contributed by atoms with Crippen molar-refractivity contribution in [2.75, 3.05) is 30.4 Å². The number of halogens is 2. The maximum atomic E-state index is 14.4. The molecule has 2 fully saturated rings. The highest BCUT2D eigenvalue weighted by Gasteiger charge is 2.28. The Kier molecular flexibility index (Phi) is 6.91. The summed E-state index contributed by atoms with van der Waals surface area (Å²) in [6.07, 6.45) is 7.06. The molecular weight excluding hydrogens is 419 g/mol. The Balaban J connectivity index is 1.50. The molecule has 2 aliphatic rings. The summed E-state index contributed by atoms with van der Waals surface area (Å²) in [4.78, 5) is 8.89. The third-order valence-electron chi connectivity index (χ3n) is 6.20. The van der Waals surface area contributed by atoms with Crippen molar-refractivity contribution in [3.05, 3.63) is 35.2 Å². The Morgan fingerprint density at radius 1 is 1.19 bits per heavy atom. The van der Waals surface area contributed by atoms with Crippen LogP contribution in [0.25, 0.3) is 11.3 Å². The van der Waals surface area contributed by atoms with E-state index >= 15 is 0 Å². The lowest BCUT2D eigenvalue weighted by molar-refractivity contribution is 0.0574. The van der Waals surface area contributed by atoms with E-state index in [1.165, 1.54) is 6.07 Å². The van der Waals surface area contributed by atoms with Crippen molar-refractivity contribution in [2.24, 2.45) is 11.5 Å². The number of rotatable bonds is 6. The van der Waals surface area contributed by atoms with Crippen LogP contribution < -0.4 is 22.1 Å². The average molecular weight is 449 g/mol. The molecule has 31 heavy (non-hydrogen) atoms. The van der Waals surface area contributed by atoms with Crippen LogP contribution in [0.1, 0.15) is 38.5 Å². The minimum absolute atomic E-state index is 0.164. The normalized spacial score (nSPS) is 23.4. The first-order valence-corrected chi connectivity index (χ1v) is 11.2. The first-order valence-electron chi connectivity index (χ1n) is 10.9. The van der Waals surface area contributed by atoms with E-state index in [1.807, 2.05) is 6.07 Å². The molecule has 0 atom stereocenters. The molecule has 2 aromatic heterocycles. The van der Waals surface area contributed by atoms with Crippen LogP contribution in [0, 0.1) is 5.82 Å². The van der Waals surface area contributed by atoms with Gasteiger partial charge in [0.2, 0.25) is 0 Å². The number of hydrogen-bond donors (Lipinski definition) is 4. The van der Waals surface area contributed by atoms with Gasteiger partial charge >= 0.3 is 0 Å². The van der Waals surface area contributed by atoms with E-state index in [4.69, 9.17) is 27.8 Å². The third kappa shape index (κ3) is 5.63. The Labute approximate surface area is 187 Å². The highest BCUT2D eigenvalue weighted by molar-refractivity contribution is 6.33. The Hall–Kier alpha value is -2.00. The molecule has 1 saturated heterocycles. The van der Waals surface area contributed by atoms with E-state index in [2.05, 4.69) is 20.6 Å². The zero-order valence-electron chi connectivity index (χ0n) is 17.5. The van der Waals surface area contributed by atoms with Crippen molar-refractivity contribution in [2.45, 2.75) is 56.1 Å². The number of aromatic nitrogens is 2. The second-order valence-corrected chi connectivity index (χ2v) is 9.07. The Morgan fingerprint density at radius 2 is 1.94 bits per heavy atom. The SMILES string of the molecule is NC1CCC(Nc2cc(-c3ccc(F)c(NCC4(N)CCOCC4)n3)c(Cl)cn2)CC1. The van der Waals surface area contributed by atoms with Crippen LogP contribution in [0.15, 0.2) is 24.4 Å². The molecule has 0 spiro atoms. The summed E-state index contributed by atoms with van der Waals surface area (Å²) in [6.45, 7) is 1.65. The molecule has 1 saturated carbocycles. The van der Waals surface area contributed by atoms with E-state index < -0.39 is 11.4 Å². The predicted molar refractivity (Wildman–Crippen MR) is 122 cm³/mol. The van der Waals surface area contributed by atoms with Gasteiger partial charge in [-0.15, -0.1) is 0 Å². The van der Waals surface area contributed by atoms with Crippen LogP contribution in [0.3, 0.4) is 0 Å². The number of ether oxygens (including phenoxy) is 1. The van der Waals surface area contributed by atoms with Gasteiger partial charge in [-0.25, -0.2) is 14.4 Å². The molecule has 1 aliphatic heterocycles. The second-order valence-electron chi connectivity index (χ2n) is 8.66. The topological polar surface area (TPSA) is 111 Å². The van der Waals surface area contributed by atoms with Gasteiger partial charge in [0.05, 0.1) is 10.7 Å². The standard InChI is InChI=1S/C22H30ClFN6O/c23-17-12-27-20(29-15-3-1-14(25)2-4-15)11-16(17)19-6-5-18(24)21(30-19)28-13-22(26)7-9-31-10-8-22/h5-6,11-12,14-15H,1-4,7-10,13,25-26H2,(H,27,29)(H,28,30). The first-order chi connectivity index (χ1) is 14.9. The third-order valence-corrected chi connectivity index (χ3v) is 6.50. The van der Waals surface area contributed by atoms with Crippen molar-refractivity contribution in [3.8, 4) is 11.3 Å². The summed E-state index contributed by atoms with van der Waals surface area (Å²) in [5.74, 6) is 0.461. The fraction of sp³-hybridized carbons (Fsp3) is 0.545. The molecule has 168 valence electrons. The highest BCUT2D eigenvalue weighted by Crippen LogP contribution is 2.31. The molecule has 0 bridgehead atoms. The number of pyridine rings is 2. The first kappa shape index (κ1) is 22.2. The fourth-order valence-electron chi connectivity index (χ4n) is 4.12. The van der Waals surface area contributed by atoms with Gasteiger partial charge in [-0.2, -0.15) is 0 Å². The van der Waals surface area contributed by atoms with Gasteiger partial charge in [0, 0.05) is 49.1 Å². The zero-order valence-corrected chi connectivity index (χ0v) is 18.3. The highest BCUT2D eigenvalue weighted by atomic mass is 35.5. The van der Waals surface area contributed by atoms with Gasteiger partial charge in [-0.05, 0) is 56.7 Å². The van der Waals surface area contributed by atoms with Gasteiger partial charge in [-0.3, -0.25) is 0 Å². The van der Waals surface area contributed by atoms with Crippen LogP contribution in [0.2, 0.25) is 5.02 Å². The Bertz CT molecular complexity index is 900. The predicted octanol–water partition coefficient (Wildman–Crippen LogP) is 3.54. The van der Waals surface area contributed by atoms with E-state index in [-0.39, 0.29) is 11.9 Å². The van der Waals surface area contributed by atoms with Crippen LogP contribution in [0.5, 0.6) is 0 Å². The van der Waals surface area contributed by atoms with E-state index in [9.17, 15) is 4.39 Å². The lowest BCUT2D eigenvalue weighted by atomic mass is 9.91. The molecule has 3 heterocycles. The summed E-state index contributed by atoms with van der Waals surface area (Å²) >= 11 is 6.41. The van der Waals surface area contributed by atoms with Gasteiger partial charge < -0.3 is 26.8 Å². The summed E-state index contributed by atoms with van der Waals surface area (Å²) in [5, 5.41) is 7.01. The molecule has 0 amide bonds. The van der Waals surface area contributed by atoms with Crippen LogP contribution in [-0.4, -0.2) is 47.3 Å². The largest absolute Gasteiger partial charge is 0.381 e. The van der Waals surface area contributed by atoms with Crippen molar-refractivity contribution < 1.29 is 9.13 Å². The second kappa shape index (κ2) is 9.65. The molecule has 0 aromatic carbocycles. The van der Waals surface area contributed by atoms with E-state index in [0.29, 0.717) is 42.1 Å². The van der Waals surface area contributed by atoms with E-state index in [1.54, 1.807) is 12.3 Å². The molecule has 4 rings (SSSR count). The van der Waals surface area contributed by atoms with E-state index in [0.717, 1.165) is 44.3 Å². The molecule has 6 N–H and O–H groups in total. The fourth-order valence-corrected chi connectivity index (χ4v) is 4.32. The minimum Gasteiger partial charge on any atom is -0.381 e. The van der Waals surface area contributed by atoms with Gasteiger partial charge in [0.1, 0.15) is 5.82 Å².